The van der Waals surface area contributed by atoms with E-state index in [4.69, 9.17) is 11.6 Å². The van der Waals surface area contributed by atoms with Gasteiger partial charge in [-0.15, -0.1) is 0 Å². The summed E-state index contributed by atoms with van der Waals surface area (Å²) in [4.78, 5) is 12.3. The molecule has 0 spiro atoms. The Labute approximate surface area is 128 Å². The lowest BCUT2D eigenvalue weighted by Crippen LogP contribution is -2.45. The fraction of sp³-hybridized carbons (Fsp3) is 0.353. The molecular weight excluding hydrogens is 284 g/mol. The summed E-state index contributed by atoms with van der Waals surface area (Å²) in [6.45, 7) is 2.80. The standard InChI is InChI=1S/C17H17ClN2O/c18-14-3-1-2-12(7-14)15-4-5-16(21)20-10-11-6-13(17(15)20)9-19-8-11/h1-5,7,11,13,19H,6,8-10H2. The predicted octanol–water partition coefficient (Wildman–Crippen LogP) is 2.88. The minimum Gasteiger partial charge on any atom is -0.316 e. The van der Waals surface area contributed by atoms with Crippen LogP contribution in [0.15, 0.2) is 41.2 Å². The number of fused-ring (bicyclic) bond motifs is 4. The van der Waals surface area contributed by atoms with Gasteiger partial charge in [-0.2, -0.15) is 0 Å². The maximum atomic E-state index is 12.3. The Hall–Kier alpha value is -1.58. The molecule has 21 heavy (non-hydrogen) atoms. The van der Waals surface area contributed by atoms with Gasteiger partial charge in [0, 0.05) is 41.4 Å². The van der Waals surface area contributed by atoms with Crippen LogP contribution in [0.2, 0.25) is 5.02 Å². The number of nitrogens with zero attached hydrogens (tertiary/aromatic N) is 1. The molecule has 0 saturated carbocycles. The van der Waals surface area contributed by atoms with E-state index in [1.165, 1.54) is 12.1 Å². The smallest absolute Gasteiger partial charge is 0.250 e. The Morgan fingerprint density at radius 1 is 1.19 bits per heavy atom. The maximum absolute atomic E-state index is 12.3. The number of hydrogen-bond acceptors (Lipinski definition) is 2. The summed E-state index contributed by atoms with van der Waals surface area (Å²) < 4.78 is 1.98. The number of pyridine rings is 1. The quantitative estimate of drug-likeness (QED) is 0.879. The number of benzene rings is 1. The Kier molecular flexibility index (Phi) is 3.12. The molecule has 1 aromatic carbocycles. The lowest BCUT2D eigenvalue weighted by atomic mass is 9.81. The van der Waals surface area contributed by atoms with E-state index < -0.39 is 0 Å². The summed E-state index contributed by atoms with van der Waals surface area (Å²) in [6.07, 6.45) is 1.17. The van der Waals surface area contributed by atoms with E-state index in [1.54, 1.807) is 6.07 Å². The molecule has 1 fully saturated rings. The third-order valence-electron chi connectivity index (χ3n) is 4.63. The van der Waals surface area contributed by atoms with Crippen LogP contribution in [0.5, 0.6) is 0 Å². The van der Waals surface area contributed by atoms with Crippen molar-refractivity contribution in [3.05, 3.63) is 57.5 Å². The normalized spacial score (nSPS) is 23.7. The summed E-state index contributed by atoms with van der Waals surface area (Å²) in [5.74, 6) is 0.990. The van der Waals surface area contributed by atoms with Crippen molar-refractivity contribution in [1.29, 1.82) is 0 Å². The van der Waals surface area contributed by atoms with Gasteiger partial charge >= 0.3 is 0 Å². The van der Waals surface area contributed by atoms with E-state index in [0.29, 0.717) is 11.8 Å². The van der Waals surface area contributed by atoms with Crippen molar-refractivity contribution in [3.63, 3.8) is 0 Å². The van der Waals surface area contributed by atoms with Gasteiger partial charge in [-0.1, -0.05) is 23.7 Å². The van der Waals surface area contributed by atoms with Crippen LogP contribution in [-0.2, 0) is 6.54 Å². The van der Waals surface area contributed by atoms with Crippen LogP contribution in [0.1, 0.15) is 18.0 Å². The molecule has 108 valence electrons. The average molecular weight is 301 g/mol. The second kappa shape index (κ2) is 5.00. The van der Waals surface area contributed by atoms with Crippen molar-refractivity contribution >= 4 is 11.6 Å². The molecule has 2 aliphatic heterocycles. The van der Waals surface area contributed by atoms with Gasteiger partial charge in [0.05, 0.1) is 0 Å². The topological polar surface area (TPSA) is 34.0 Å². The number of aromatic nitrogens is 1. The molecule has 2 atom stereocenters. The van der Waals surface area contributed by atoms with Gasteiger partial charge in [-0.05, 0) is 42.6 Å². The molecule has 3 heterocycles. The summed E-state index contributed by atoms with van der Waals surface area (Å²) in [7, 11) is 0. The molecule has 4 heteroatoms. The minimum absolute atomic E-state index is 0.118. The summed E-state index contributed by atoms with van der Waals surface area (Å²) in [6, 6.07) is 11.5. The molecule has 4 rings (SSSR count). The van der Waals surface area contributed by atoms with E-state index >= 15 is 0 Å². The molecule has 2 unspecified atom stereocenters. The Bertz CT molecular complexity index is 753. The van der Waals surface area contributed by atoms with Gasteiger partial charge in [0.1, 0.15) is 0 Å². The molecule has 1 aromatic heterocycles. The van der Waals surface area contributed by atoms with Crippen LogP contribution in [0.4, 0.5) is 0 Å². The second-order valence-corrected chi connectivity index (χ2v) is 6.48. The summed E-state index contributed by atoms with van der Waals surface area (Å²) in [5.41, 5.74) is 3.53. The van der Waals surface area contributed by atoms with Crippen molar-refractivity contribution in [2.75, 3.05) is 13.1 Å². The van der Waals surface area contributed by atoms with Crippen molar-refractivity contribution < 1.29 is 0 Å². The summed E-state index contributed by atoms with van der Waals surface area (Å²) >= 11 is 6.13. The van der Waals surface area contributed by atoms with Gasteiger partial charge in [-0.3, -0.25) is 4.79 Å². The third kappa shape index (κ3) is 2.21. The molecule has 2 aliphatic rings. The number of piperidine rings is 1. The van der Waals surface area contributed by atoms with Crippen molar-refractivity contribution in [1.82, 2.24) is 9.88 Å². The van der Waals surface area contributed by atoms with Gasteiger partial charge in [0.25, 0.3) is 5.56 Å². The van der Waals surface area contributed by atoms with E-state index in [2.05, 4.69) is 11.4 Å². The zero-order valence-electron chi connectivity index (χ0n) is 11.7. The Balaban J connectivity index is 1.94. The first-order valence-corrected chi connectivity index (χ1v) is 7.80. The van der Waals surface area contributed by atoms with Crippen LogP contribution in [0, 0.1) is 5.92 Å². The minimum atomic E-state index is 0.118. The van der Waals surface area contributed by atoms with Gasteiger partial charge < -0.3 is 9.88 Å². The zero-order chi connectivity index (χ0) is 14.4. The molecular formula is C17H17ClN2O. The largest absolute Gasteiger partial charge is 0.316 e. The molecule has 0 aliphatic carbocycles. The molecule has 0 amide bonds. The van der Waals surface area contributed by atoms with Crippen LogP contribution in [0.3, 0.4) is 0 Å². The third-order valence-corrected chi connectivity index (χ3v) is 4.87. The van der Waals surface area contributed by atoms with Crippen molar-refractivity contribution in [2.45, 2.75) is 18.9 Å². The first-order valence-electron chi connectivity index (χ1n) is 7.43. The highest BCUT2D eigenvalue weighted by molar-refractivity contribution is 6.30. The fourth-order valence-electron chi connectivity index (χ4n) is 3.76. The average Bonchev–Trinajstić information content (AvgIpc) is 2.49. The zero-order valence-corrected chi connectivity index (χ0v) is 12.4. The highest BCUT2D eigenvalue weighted by atomic mass is 35.5. The number of nitrogens with one attached hydrogen (secondary N) is 1. The van der Waals surface area contributed by atoms with Crippen LogP contribution in [-0.4, -0.2) is 17.7 Å². The summed E-state index contributed by atoms with van der Waals surface area (Å²) in [5, 5.41) is 4.23. The molecule has 2 bridgehead atoms. The Morgan fingerprint density at radius 3 is 2.95 bits per heavy atom. The first kappa shape index (κ1) is 13.1. The van der Waals surface area contributed by atoms with Crippen LogP contribution < -0.4 is 10.9 Å². The van der Waals surface area contributed by atoms with Crippen molar-refractivity contribution in [3.8, 4) is 11.1 Å². The number of halogens is 1. The van der Waals surface area contributed by atoms with E-state index in [1.807, 2.05) is 28.8 Å². The van der Waals surface area contributed by atoms with Crippen molar-refractivity contribution in [2.24, 2.45) is 5.92 Å². The highest BCUT2D eigenvalue weighted by Crippen LogP contribution is 2.37. The number of hydrogen-bond donors (Lipinski definition) is 1. The molecule has 3 nitrogen and oxygen atoms in total. The van der Waals surface area contributed by atoms with E-state index in [-0.39, 0.29) is 5.56 Å². The van der Waals surface area contributed by atoms with Crippen LogP contribution in [0.25, 0.3) is 11.1 Å². The molecule has 1 saturated heterocycles. The first-order chi connectivity index (χ1) is 10.2. The molecule has 1 N–H and O–H groups in total. The predicted molar refractivity (Wildman–Crippen MR) is 84.9 cm³/mol. The highest BCUT2D eigenvalue weighted by Gasteiger charge is 2.32. The van der Waals surface area contributed by atoms with Gasteiger partial charge in [-0.25, -0.2) is 0 Å². The second-order valence-electron chi connectivity index (χ2n) is 6.05. The van der Waals surface area contributed by atoms with Gasteiger partial charge in [0.2, 0.25) is 0 Å². The fourth-order valence-corrected chi connectivity index (χ4v) is 3.95. The Morgan fingerprint density at radius 2 is 2.10 bits per heavy atom. The van der Waals surface area contributed by atoms with Crippen LogP contribution >= 0.6 is 11.6 Å². The van der Waals surface area contributed by atoms with E-state index in [0.717, 1.165) is 35.8 Å². The molecule has 2 aromatic rings. The number of rotatable bonds is 1. The SMILES string of the molecule is O=c1ccc(-c2cccc(Cl)c2)c2n1CC1CNCC2C1. The lowest BCUT2D eigenvalue weighted by Gasteiger charge is -2.38. The lowest BCUT2D eigenvalue weighted by molar-refractivity contribution is 0.258. The molecule has 0 radical (unpaired) electrons. The van der Waals surface area contributed by atoms with E-state index in [9.17, 15) is 4.79 Å². The maximum Gasteiger partial charge on any atom is 0.250 e. The van der Waals surface area contributed by atoms with Gasteiger partial charge in [0.15, 0.2) is 0 Å². The monoisotopic (exact) mass is 300 g/mol.